The molecule has 2 rings (SSSR count). The van der Waals surface area contributed by atoms with Crippen molar-refractivity contribution in [2.45, 2.75) is 45.6 Å². The summed E-state index contributed by atoms with van der Waals surface area (Å²) in [6.07, 6.45) is 8.96. The number of hydrogen-bond acceptors (Lipinski definition) is 2. The van der Waals surface area contributed by atoms with Crippen molar-refractivity contribution in [3.63, 3.8) is 0 Å². The van der Waals surface area contributed by atoms with Crippen LogP contribution in [-0.2, 0) is 8.85 Å². The number of hydrogen-bond donors (Lipinski definition) is 0. The van der Waals surface area contributed by atoms with Crippen molar-refractivity contribution < 1.29 is 8.85 Å². The highest BCUT2D eigenvalue weighted by Gasteiger charge is 2.38. The smallest absolute Gasteiger partial charge is 0.387 e. The molecule has 0 N–H and O–H groups in total. The molecule has 2 aliphatic carbocycles. The van der Waals surface area contributed by atoms with Crippen LogP contribution in [0.1, 0.15) is 40.0 Å². The van der Waals surface area contributed by atoms with Crippen molar-refractivity contribution in [1.29, 1.82) is 0 Å². The lowest BCUT2D eigenvalue weighted by Crippen LogP contribution is -2.29. The Kier molecular flexibility index (Phi) is 4.83. The molecule has 2 aliphatic rings. The molecule has 1 radical (unpaired) electrons. The van der Waals surface area contributed by atoms with E-state index in [0.29, 0.717) is 5.54 Å². The van der Waals surface area contributed by atoms with Gasteiger partial charge in [-0.3, -0.25) is 0 Å². The molecule has 4 atom stereocenters. The van der Waals surface area contributed by atoms with Gasteiger partial charge in [-0.25, -0.2) is 0 Å². The Labute approximate surface area is 107 Å². The molecule has 1 fully saturated rings. The third-order valence-electron chi connectivity index (χ3n) is 4.05. The van der Waals surface area contributed by atoms with Crippen LogP contribution in [0.4, 0.5) is 0 Å². The van der Waals surface area contributed by atoms with Crippen LogP contribution >= 0.6 is 0 Å². The van der Waals surface area contributed by atoms with E-state index >= 15 is 0 Å². The van der Waals surface area contributed by atoms with Gasteiger partial charge in [0.25, 0.3) is 0 Å². The minimum Gasteiger partial charge on any atom is -0.393 e. The molecule has 2 nitrogen and oxygen atoms in total. The maximum atomic E-state index is 5.80. The molecule has 0 spiro atoms. The highest BCUT2D eigenvalue weighted by atomic mass is 28.3. The lowest BCUT2D eigenvalue weighted by atomic mass is 9.89. The fraction of sp³-hybridized carbons (Fsp3) is 0.857. The summed E-state index contributed by atoms with van der Waals surface area (Å²) in [5.74, 6) is 2.63. The number of allylic oxidation sites excluding steroid dienone is 2. The van der Waals surface area contributed by atoms with E-state index in [1.807, 2.05) is 0 Å². The molecule has 0 aliphatic heterocycles. The van der Waals surface area contributed by atoms with E-state index in [1.165, 1.54) is 19.3 Å². The Balaban J connectivity index is 1.82. The quantitative estimate of drug-likeness (QED) is 0.510. The fourth-order valence-electron chi connectivity index (χ4n) is 3.33. The van der Waals surface area contributed by atoms with Gasteiger partial charge in [-0.15, -0.1) is 0 Å². The predicted octanol–water partition coefficient (Wildman–Crippen LogP) is 3.54. The van der Waals surface area contributed by atoms with Crippen molar-refractivity contribution in [3.05, 3.63) is 12.2 Å². The van der Waals surface area contributed by atoms with Gasteiger partial charge in [0.15, 0.2) is 0 Å². The maximum Gasteiger partial charge on any atom is 0.387 e. The van der Waals surface area contributed by atoms with Crippen LogP contribution in [0.25, 0.3) is 0 Å². The fourth-order valence-corrected chi connectivity index (χ4v) is 5.04. The summed E-state index contributed by atoms with van der Waals surface area (Å²) in [5.41, 5.74) is 0.609. The van der Waals surface area contributed by atoms with Crippen LogP contribution in [0.15, 0.2) is 12.2 Å². The lowest BCUT2D eigenvalue weighted by Gasteiger charge is -2.25. The Morgan fingerprint density at radius 2 is 1.88 bits per heavy atom. The van der Waals surface area contributed by atoms with Crippen LogP contribution in [0, 0.1) is 17.8 Å². The normalized spacial score (nSPS) is 32.6. The summed E-state index contributed by atoms with van der Waals surface area (Å²) >= 11 is 0. The van der Waals surface area contributed by atoms with Crippen molar-refractivity contribution in [2.75, 3.05) is 13.2 Å². The van der Waals surface area contributed by atoms with Gasteiger partial charge in [0.05, 0.1) is 0 Å². The van der Waals surface area contributed by atoms with Crippen LogP contribution in [0.5, 0.6) is 0 Å². The van der Waals surface area contributed by atoms with Gasteiger partial charge in [-0.1, -0.05) is 19.1 Å². The first-order valence-electron chi connectivity index (χ1n) is 7.05. The van der Waals surface area contributed by atoms with Gasteiger partial charge in [0.1, 0.15) is 0 Å². The van der Waals surface area contributed by atoms with Crippen LogP contribution in [0.3, 0.4) is 0 Å². The van der Waals surface area contributed by atoms with Gasteiger partial charge >= 0.3 is 9.28 Å². The van der Waals surface area contributed by atoms with Crippen molar-refractivity contribution in [3.8, 4) is 0 Å². The molecular formula is C14H25O2Si. The molecule has 0 aromatic rings. The van der Waals surface area contributed by atoms with E-state index in [4.69, 9.17) is 8.85 Å². The monoisotopic (exact) mass is 253 g/mol. The minimum absolute atomic E-state index is 0.609. The van der Waals surface area contributed by atoms with Gasteiger partial charge in [0, 0.05) is 18.8 Å². The average molecular weight is 253 g/mol. The average Bonchev–Trinajstić information content (AvgIpc) is 2.90. The highest BCUT2D eigenvalue weighted by Crippen LogP contribution is 2.47. The summed E-state index contributed by atoms with van der Waals surface area (Å²) < 4.78 is 11.6. The highest BCUT2D eigenvalue weighted by molar-refractivity contribution is 6.46. The first-order chi connectivity index (χ1) is 8.24. The molecule has 0 amide bonds. The van der Waals surface area contributed by atoms with E-state index in [9.17, 15) is 0 Å². The molecular weight excluding hydrogens is 228 g/mol. The number of fused-ring (bicyclic) bond motifs is 2. The first-order valence-corrected chi connectivity index (χ1v) is 8.44. The Morgan fingerprint density at radius 1 is 1.18 bits per heavy atom. The molecule has 1 saturated carbocycles. The maximum absolute atomic E-state index is 5.80. The molecule has 17 heavy (non-hydrogen) atoms. The third-order valence-corrected chi connectivity index (χ3v) is 6.24. The van der Waals surface area contributed by atoms with Crippen molar-refractivity contribution in [1.82, 2.24) is 0 Å². The third kappa shape index (κ3) is 3.21. The van der Waals surface area contributed by atoms with E-state index < -0.39 is 9.28 Å². The van der Waals surface area contributed by atoms with E-state index in [0.717, 1.165) is 31.0 Å². The summed E-state index contributed by atoms with van der Waals surface area (Å²) in [4.78, 5) is 0. The molecule has 2 bridgehead atoms. The van der Waals surface area contributed by atoms with Gasteiger partial charge < -0.3 is 8.85 Å². The molecule has 0 aromatic heterocycles. The largest absolute Gasteiger partial charge is 0.393 e. The van der Waals surface area contributed by atoms with Crippen molar-refractivity contribution in [2.24, 2.45) is 17.8 Å². The van der Waals surface area contributed by atoms with Crippen LogP contribution in [-0.4, -0.2) is 22.5 Å². The molecule has 0 aromatic carbocycles. The van der Waals surface area contributed by atoms with E-state index in [2.05, 4.69) is 32.9 Å². The summed E-state index contributed by atoms with van der Waals surface area (Å²) in [6, 6.07) is 0. The Bertz CT molecular complexity index is 261. The molecule has 4 unspecified atom stereocenters. The Hall–Kier alpha value is -0.123. The van der Waals surface area contributed by atoms with E-state index in [1.54, 1.807) is 0 Å². The topological polar surface area (TPSA) is 18.5 Å². The second-order valence-electron chi connectivity index (χ2n) is 5.36. The lowest BCUT2D eigenvalue weighted by molar-refractivity contribution is 0.199. The minimum atomic E-state index is -1.05. The van der Waals surface area contributed by atoms with Crippen molar-refractivity contribution >= 4 is 9.28 Å². The molecule has 3 heteroatoms. The van der Waals surface area contributed by atoms with Gasteiger partial charge in [-0.05, 0) is 50.9 Å². The molecule has 0 heterocycles. The second kappa shape index (κ2) is 6.16. The summed E-state index contributed by atoms with van der Waals surface area (Å²) in [6.45, 7) is 8.02. The van der Waals surface area contributed by atoms with Crippen LogP contribution in [0.2, 0.25) is 5.54 Å². The zero-order valence-corrected chi connectivity index (χ0v) is 12.3. The standard InChI is InChI=1S/C14H25O2Si/c1-4-15-17(16-5-2)11(3)8-14-10-12-6-7-13(14)9-12/h6-7,11-14H,4-5,8-10H2,1-3H3. The SMILES string of the molecule is CCO[Si](OCC)C(C)CC1CC2C=CC1C2. The van der Waals surface area contributed by atoms with E-state index in [-0.39, 0.29) is 0 Å². The van der Waals surface area contributed by atoms with Gasteiger partial charge in [-0.2, -0.15) is 0 Å². The zero-order chi connectivity index (χ0) is 12.3. The van der Waals surface area contributed by atoms with Gasteiger partial charge in [0.2, 0.25) is 0 Å². The first kappa shape index (κ1) is 13.3. The summed E-state index contributed by atoms with van der Waals surface area (Å²) in [5, 5.41) is 0. The molecule has 0 saturated heterocycles. The molecule has 97 valence electrons. The Morgan fingerprint density at radius 3 is 2.35 bits per heavy atom. The summed E-state index contributed by atoms with van der Waals surface area (Å²) in [7, 11) is -1.05. The predicted molar refractivity (Wildman–Crippen MR) is 71.9 cm³/mol. The number of rotatable bonds is 7. The zero-order valence-electron chi connectivity index (χ0n) is 11.3. The van der Waals surface area contributed by atoms with Crippen LogP contribution < -0.4 is 0 Å². The second-order valence-corrected chi connectivity index (χ2v) is 7.56.